The summed E-state index contributed by atoms with van der Waals surface area (Å²) < 4.78 is 0. The van der Waals surface area contributed by atoms with Crippen LogP contribution < -0.4 is 5.32 Å². The lowest BCUT2D eigenvalue weighted by atomic mass is 9.80. The Kier molecular flexibility index (Phi) is 5.82. The van der Waals surface area contributed by atoms with E-state index in [1.165, 1.54) is 32.1 Å². The summed E-state index contributed by atoms with van der Waals surface area (Å²) in [4.78, 5) is 0. The molecule has 1 rings (SSSR count). The second-order valence-corrected chi connectivity index (χ2v) is 6.60. The van der Waals surface area contributed by atoms with Crippen LogP contribution in [0.3, 0.4) is 0 Å². The first kappa shape index (κ1) is 14.0. The first-order chi connectivity index (χ1) is 7.49. The molecule has 1 fully saturated rings. The highest BCUT2D eigenvalue weighted by Crippen LogP contribution is 2.30. The minimum atomic E-state index is 0.732. The molecule has 1 saturated carbocycles. The third-order valence-electron chi connectivity index (χ3n) is 3.87. The van der Waals surface area contributed by atoms with Crippen molar-refractivity contribution in [3.05, 3.63) is 0 Å². The van der Waals surface area contributed by atoms with Gasteiger partial charge in [-0.15, -0.1) is 0 Å². The second-order valence-electron chi connectivity index (χ2n) is 6.60. The van der Waals surface area contributed by atoms with Gasteiger partial charge in [0.25, 0.3) is 0 Å². The molecule has 0 aromatic heterocycles. The van der Waals surface area contributed by atoms with Crippen molar-refractivity contribution in [3.63, 3.8) is 0 Å². The molecule has 16 heavy (non-hydrogen) atoms. The fourth-order valence-corrected chi connectivity index (χ4v) is 2.82. The van der Waals surface area contributed by atoms with Crippen LogP contribution in [0.1, 0.15) is 66.7 Å². The summed E-state index contributed by atoms with van der Waals surface area (Å²) in [6.45, 7) is 11.7. The molecule has 1 aliphatic carbocycles. The van der Waals surface area contributed by atoms with Crippen molar-refractivity contribution in [3.8, 4) is 0 Å². The molecular weight excluding hydrogens is 194 g/mol. The van der Waals surface area contributed by atoms with E-state index in [2.05, 4.69) is 39.9 Å². The maximum Gasteiger partial charge on any atom is 0.00745 e. The summed E-state index contributed by atoms with van der Waals surface area (Å²) in [5.74, 6) is 2.58. The predicted octanol–water partition coefficient (Wildman–Crippen LogP) is 4.23. The molecule has 0 bridgehead atoms. The van der Waals surface area contributed by atoms with Crippen molar-refractivity contribution < 1.29 is 0 Å². The van der Waals surface area contributed by atoms with Crippen LogP contribution in [0.25, 0.3) is 0 Å². The van der Waals surface area contributed by atoms with Crippen LogP contribution in [-0.4, -0.2) is 12.1 Å². The number of hydrogen-bond acceptors (Lipinski definition) is 1. The van der Waals surface area contributed by atoms with Gasteiger partial charge in [-0.2, -0.15) is 0 Å². The zero-order valence-electron chi connectivity index (χ0n) is 11.9. The molecule has 0 aromatic rings. The number of nitrogens with one attached hydrogen (secondary N) is 1. The Balaban J connectivity index is 2.34. The third kappa shape index (κ3) is 4.86. The van der Waals surface area contributed by atoms with E-state index in [0.29, 0.717) is 0 Å². The first-order valence-corrected chi connectivity index (χ1v) is 7.25. The zero-order chi connectivity index (χ0) is 12.1. The topological polar surface area (TPSA) is 12.0 Å². The molecule has 1 aliphatic rings. The fourth-order valence-electron chi connectivity index (χ4n) is 2.82. The average Bonchev–Trinajstić information content (AvgIpc) is 1.95. The summed E-state index contributed by atoms with van der Waals surface area (Å²) in [5, 5.41) is 3.88. The van der Waals surface area contributed by atoms with Crippen LogP contribution in [0.2, 0.25) is 0 Å². The summed E-state index contributed by atoms with van der Waals surface area (Å²) >= 11 is 0. The molecule has 0 aromatic carbocycles. The van der Waals surface area contributed by atoms with Gasteiger partial charge in [0.15, 0.2) is 0 Å². The lowest BCUT2D eigenvalue weighted by Gasteiger charge is -2.35. The Morgan fingerprint density at radius 3 is 1.75 bits per heavy atom. The summed E-state index contributed by atoms with van der Waals surface area (Å²) in [6, 6.07) is 1.46. The van der Waals surface area contributed by atoms with Gasteiger partial charge in [-0.25, -0.2) is 0 Å². The van der Waals surface area contributed by atoms with Crippen molar-refractivity contribution in [1.29, 1.82) is 0 Å². The van der Waals surface area contributed by atoms with Crippen molar-refractivity contribution in [2.75, 3.05) is 0 Å². The summed E-state index contributed by atoms with van der Waals surface area (Å²) in [7, 11) is 0. The van der Waals surface area contributed by atoms with Crippen LogP contribution in [0.4, 0.5) is 0 Å². The fraction of sp³-hybridized carbons (Fsp3) is 1.00. The molecule has 0 heterocycles. The molecule has 0 amide bonds. The lowest BCUT2D eigenvalue weighted by molar-refractivity contribution is 0.210. The first-order valence-electron chi connectivity index (χ1n) is 7.25. The molecule has 1 heteroatoms. The highest BCUT2D eigenvalue weighted by atomic mass is 15.0. The normalized spacial score (nSPS) is 19.5. The van der Waals surface area contributed by atoms with Crippen LogP contribution in [0, 0.1) is 17.8 Å². The van der Waals surface area contributed by atoms with E-state index in [4.69, 9.17) is 0 Å². The van der Waals surface area contributed by atoms with Gasteiger partial charge in [-0.1, -0.05) is 34.1 Å². The lowest BCUT2D eigenvalue weighted by Crippen LogP contribution is -2.44. The molecular formula is C15H31N. The standard InChI is InChI=1S/C15H31N/c1-11(2)9-15(10-12(3)4)16-13(5)14-7-6-8-14/h11-16H,6-10H2,1-5H3. The van der Waals surface area contributed by atoms with E-state index in [9.17, 15) is 0 Å². The van der Waals surface area contributed by atoms with Crippen molar-refractivity contribution in [2.45, 2.75) is 78.8 Å². The predicted molar refractivity (Wildman–Crippen MR) is 72.6 cm³/mol. The van der Waals surface area contributed by atoms with Gasteiger partial charge in [0.1, 0.15) is 0 Å². The van der Waals surface area contributed by atoms with Crippen LogP contribution in [0.5, 0.6) is 0 Å². The Bertz CT molecular complexity index is 172. The van der Waals surface area contributed by atoms with E-state index in [1.54, 1.807) is 0 Å². The number of rotatable bonds is 7. The maximum absolute atomic E-state index is 3.88. The quantitative estimate of drug-likeness (QED) is 0.684. The second kappa shape index (κ2) is 6.64. The summed E-state index contributed by atoms with van der Waals surface area (Å²) in [5.41, 5.74) is 0. The molecule has 0 aliphatic heterocycles. The highest BCUT2D eigenvalue weighted by molar-refractivity contribution is 4.83. The molecule has 1 unspecified atom stereocenters. The molecule has 1 N–H and O–H groups in total. The molecule has 96 valence electrons. The van der Waals surface area contributed by atoms with E-state index in [0.717, 1.165) is 29.8 Å². The molecule has 0 saturated heterocycles. The van der Waals surface area contributed by atoms with Crippen LogP contribution >= 0.6 is 0 Å². The Hall–Kier alpha value is -0.0400. The minimum Gasteiger partial charge on any atom is -0.311 e. The Morgan fingerprint density at radius 2 is 1.44 bits per heavy atom. The van der Waals surface area contributed by atoms with Gasteiger partial charge in [-0.05, 0) is 50.4 Å². The van der Waals surface area contributed by atoms with E-state index in [1.807, 2.05) is 0 Å². The van der Waals surface area contributed by atoms with Crippen molar-refractivity contribution in [1.82, 2.24) is 5.32 Å². The highest BCUT2D eigenvalue weighted by Gasteiger charge is 2.25. The molecule has 1 nitrogen and oxygen atoms in total. The van der Waals surface area contributed by atoms with Crippen molar-refractivity contribution in [2.24, 2.45) is 17.8 Å². The SMILES string of the molecule is CC(C)CC(CC(C)C)NC(C)C1CCC1. The van der Waals surface area contributed by atoms with Gasteiger partial charge >= 0.3 is 0 Å². The average molecular weight is 225 g/mol. The Morgan fingerprint density at radius 1 is 0.938 bits per heavy atom. The van der Waals surface area contributed by atoms with Crippen molar-refractivity contribution >= 4 is 0 Å². The largest absolute Gasteiger partial charge is 0.311 e. The molecule has 0 spiro atoms. The molecule has 0 radical (unpaired) electrons. The van der Waals surface area contributed by atoms with Gasteiger partial charge < -0.3 is 5.32 Å². The monoisotopic (exact) mass is 225 g/mol. The van der Waals surface area contributed by atoms with Gasteiger partial charge in [0.2, 0.25) is 0 Å². The number of hydrogen-bond donors (Lipinski definition) is 1. The van der Waals surface area contributed by atoms with Gasteiger partial charge in [0, 0.05) is 12.1 Å². The van der Waals surface area contributed by atoms with Gasteiger partial charge in [0.05, 0.1) is 0 Å². The van der Waals surface area contributed by atoms with E-state index >= 15 is 0 Å². The smallest absolute Gasteiger partial charge is 0.00745 e. The maximum atomic E-state index is 3.88. The van der Waals surface area contributed by atoms with Gasteiger partial charge in [-0.3, -0.25) is 0 Å². The Labute approximate surface area is 102 Å². The molecule has 1 atom stereocenters. The third-order valence-corrected chi connectivity index (χ3v) is 3.87. The zero-order valence-corrected chi connectivity index (χ0v) is 11.9. The minimum absolute atomic E-state index is 0.732. The van der Waals surface area contributed by atoms with Crippen LogP contribution in [-0.2, 0) is 0 Å². The van der Waals surface area contributed by atoms with E-state index in [-0.39, 0.29) is 0 Å². The summed E-state index contributed by atoms with van der Waals surface area (Å²) in [6.07, 6.45) is 7.01. The van der Waals surface area contributed by atoms with Crippen LogP contribution in [0.15, 0.2) is 0 Å². The van der Waals surface area contributed by atoms with E-state index < -0.39 is 0 Å².